The third-order valence-corrected chi connectivity index (χ3v) is 3.47. The lowest BCUT2D eigenvalue weighted by molar-refractivity contribution is -0.384. The molecule has 4 nitrogen and oxygen atoms in total. The van der Waals surface area contributed by atoms with Gasteiger partial charge < -0.3 is 5.32 Å². The Balaban J connectivity index is 2.79. The lowest BCUT2D eigenvalue weighted by Crippen LogP contribution is -2.18. The van der Waals surface area contributed by atoms with Crippen LogP contribution in [0.5, 0.6) is 0 Å². The first-order valence-corrected chi connectivity index (χ1v) is 6.79. The van der Waals surface area contributed by atoms with Crippen LogP contribution < -0.4 is 5.32 Å². The molecule has 0 aliphatic heterocycles. The normalized spacial score (nSPS) is 12.2. The van der Waals surface area contributed by atoms with Crippen LogP contribution in [-0.4, -0.2) is 22.5 Å². The number of nitro benzene ring substituents is 1. The largest absolute Gasteiger partial charge is 0.376 e. The van der Waals surface area contributed by atoms with Crippen LogP contribution in [0.15, 0.2) is 18.2 Å². The van der Waals surface area contributed by atoms with E-state index in [9.17, 15) is 10.1 Å². The first-order valence-electron chi connectivity index (χ1n) is 5.64. The summed E-state index contributed by atoms with van der Waals surface area (Å²) in [4.78, 5) is 10.6. The molecule has 5 heteroatoms. The molecule has 0 bridgehead atoms. The fourth-order valence-corrected chi connectivity index (χ4v) is 2.19. The molecule has 0 heterocycles. The van der Waals surface area contributed by atoms with E-state index in [1.165, 1.54) is 0 Å². The highest BCUT2D eigenvalue weighted by molar-refractivity contribution is 7.99. The van der Waals surface area contributed by atoms with Crippen LogP contribution in [0.2, 0.25) is 0 Å². The Morgan fingerprint density at radius 2 is 2.24 bits per heavy atom. The molecule has 0 spiro atoms. The Labute approximate surface area is 106 Å². The second-order valence-electron chi connectivity index (χ2n) is 3.98. The van der Waals surface area contributed by atoms with Gasteiger partial charge in [-0.15, -0.1) is 0 Å². The minimum absolute atomic E-state index is 0.151. The minimum atomic E-state index is -0.338. The van der Waals surface area contributed by atoms with Crippen molar-refractivity contribution in [2.24, 2.45) is 0 Å². The molecular formula is C12H18N2O2S. The number of nitrogens with zero attached hydrogens (tertiary/aromatic N) is 1. The van der Waals surface area contributed by atoms with E-state index in [0.29, 0.717) is 5.69 Å². The van der Waals surface area contributed by atoms with Gasteiger partial charge in [-0.05, 0) is 31.2 Å². The maximum Gasteiger partial charge on any atom is 0.292 e. The first-order chi connectivity index (χ1) is 8.04. The van der Waals surface area contributed by atoms with Crippen LogP contribution in [0.3, 0.4) is 0 Å². The molecule has 94 valence electrons. The van der Waals surface area contributed by atoms with Gasteiger partial charge in [0.1, 0.15) is 5.69 Å². The number of nitro groups is 1. The van der Waals surface area contributed by atoms with E-state index in [1.54, 1.807) is 12.1 Å². The Hall–Kier alpha value is -1.23. The number of nitrogens with one attached hydrogen (secondary N) is 1. The predicted molar refractivity (Wildman–Crippen MR) is 73.9 cm³/mol. The van der Waals surface area contributed by atoms with Gasteiger partial charge in [-0.1, -0.05) is 13.0 Å². The number of thioether (sulfide) groups is 1. The van der Waals surface area contributed by atoms with Gasteiger partial charge in [0.05, 0.1) is 4.92 Å². The summed E-state index contributed by atoms with van der Waals surface area (Å²) in [6.07, 6.45) is 0. The Morgan fingerprint density at radius 3 is 2.82 bits per heavy atom. The van der Waals surface area contributed by atoms with E-state index in [1.807, 2.05) is 31.7 Å². The molecule has 1 N–H and O–H groups in total. The predicted octanol–water partition coefficient (Wildman–Crippen LogP) is 3.46. The lowest BCUT2D eigenvalue weighted by Gasteiger charge is -2.14. The molecule has 1 aromatic rings. The van der Waals surface area contributed by atoms with E-state index in [-0.39, 0.29) is 16.7 Å². The monoisotopic (exact) mass is 254 g/mol. The van der Waals surface area contributed by atoms with Crippen molar-refractivity contribution in [3.63, 3.8) is 0 Å². The number of rotatable bonds is 6. The summed E-state index contributed by atoms with van der Waals surface area (Å²) in [6.45, 7) is 5.99. The molecule has 1 aromatic carbocycles. The minimum Gasteiger partial charge on any atom is -0.376 e. The van der Waals surface area contributed by atoms with Crippen molar-refractivity contribution < 1.29 is 4.92 Å². The summed E-state index contributed by atoms with van der Waals surface area (Å²) in [5.41, 5.74) is 1.65. The first kappa shape index (κ1) is 13.8. The van der Waals surface area contributed by atoms with Crippen molar-refractivity contribution in [2.45, 2.75) is 26.8 Å². The van der Waals surface area contributed by atoms with Gasteiger partial charge in [0.25, 0.3) is 5.69 Å². The molecular weight excluding hydrogens is 236 g/mol. The average Bonchev–Trinajstić information content (AvgIpc) is 2.28. The Kier molecular flexibility index (Phi) is 5.28. The van der Waals surface area contributed by atoms with Crippen LogP contribution >= 0.6 is 11.8 Å². The fourth-order valence-electron chi connectivity index (χ4n) is 1.52. The van der Waals surface area contributed by atoms with Gasteiger partial charge in [-0.25, -0.2) is 0 Å². The molecule has 0 saturated heterocycles. The van der Waals surface area contributed by atoms with Crippen LogP contribution in [0.1, 0.15) is 19.4 Å². The van der Waals surface area contributed by atoms with Crippen molar-refractivity contribution in [1.29, 1.82) is 0 Å². The molecule has 0 aliphatic rings. The Morgan fingerprint density at radius 1 is 1.53 bits per heavy atom. The van der Waals surface area contributed by atoms with E-state index >= 15 is 0 Å². The molecule has 0 saturated carbocycles. The highest BCUT2D eigenvalue weighted by Gasteiger charge is 2.15. The average molecular weight is 254 g/mol. The second kappa shape index (κ2) is 6.49. The number of aryl methyl sites for hydroxylation is 1. The topological polar surface area (TPSA) is 55.2 Å². The number of benzene rings is 1. The van der Waals surface area contributed by atoms with Crippen molar-refractivity contribution in [3.05, 3.63) is 33.9 Å². The van der Waals surface area contributed by atoms with Crippen LogP contribution in [0.25, 0.3) is 0 Å². The molecule has 0 amide bonds. The molecule has 17 heavy (non-hydrogen) atoms. The summed E-state index contributed by atoms with van der Waals surface area (Å²) < 4.78 is 0. The third kappa shape index (κ3) is 4.26. The van der Waals surface area contributed by atoms with Gasteiger partial charge in [0.15, 0.2) is 0 Å². The molecule has 0 fully saturated rings. The van der Waals surface area contributed by atoms with E-state index in [4.69, 9.17) is 0 Å². The maximum atomic E-state index is 10.9. The van der Waals surface area contributed by atoms with Crippen molar-refractivity contribution in [1.82, 2.24) is 0 Å². The molecule has 1 atom stereocenters. The summed E-state index contributed by atoms with van der Waals surface area (Å²) in [5.74, 6) is 2.00. The molecule has 0 aromatic heterocycles. The van der Waals surface area contributed by atoms with Crippen LogP contribution in [0.4, 0.5) is 11.4 Å². The zero-order valence-electron chi connectivity index (χ0n) is 10.4. The number of anilines is 1. The standard InChI is InChI=1S/C12H18N2O2S/c1-4-17-8-10(3)13-11-6-5-9(2)7-12(11)14(15)16/h5-7,10,13H,4,8H2,1-3H3. The molecule has 1 rings (SSSR count). The summed E-state index contributed by atoms with van der Waals surface area (Å²) >= 11 is 1.82. The highest BCUT2D eigenvalue weighted by atomic mass is 32.2. The molecule has 1 unspecified atom stereocenters. The van der Waals surface area contributed by atoms with Crippen molar-refractivity contribution in [2.75, 3.05) is 16.8 Å². The lowest BCUT2D eigenvalue weighted by atomic mass is 10.2. The van der Waals surface area contributed by atoms with E-state index < -0.39 is 0 Å². The zero-order valence-corrected chi connectivity index (χ0v) is 11.2. The van der Waals surface area contributed by atoms with Gasteiger partial charge in [0.2, 0.25) is 0 Å². The quantitative estimate of drug-likeness (QED) is 0.624. The third-order valence-electron chi connectivity index (χ3n) is 2.32. The van der Waals surface area contributed by atoms with Crippen LogP contribution in [0, 0.1) is 17.0 Å². The van der Waals surface area contributed by atoms with Crippen molar-refractivity contribution in [3.8, 4) is 0 Å². The molecule has 0 aliphatic carbocycles. The Bertz CT molecular complexity index is 396. The summed E-state index contributed by atoms with van der Waals surface area (Å²) in [5, 5.41) is 14.1. The molecule has 0 radical (unpaired) electrons. The zero-order chi connectivity index (χ0) is 12.8. The highest BCUT2D eigenvalue weighted by Crippen LogP contribution is 2.26. The van der Waals surface area contributed by atoms with Gasteiger partial charge in [0, 0.05) is 17.9 Å². The van der Waals surface area contributed by atoms with Gasteiger partial charge >= 0.3 is 0 Å². The maximum absolute atomic E-state index is 10.9. The van der Waals surface area contributed by atoms with Gasteiger partial charge in [-0.2, -0.15) is 11.8 Å². The van der Waals surface area contributed by atoms with E-state index in [0.717, 1.165) is 17.1 Å². The van der Waals surface area contributed by atoms with Crippen LogP contribution in [-0.2, 0) is 0 Å². The smallest absolute Gasteiger partial charge is 0.292 e. The number of hydrogen-bond donors (Lipinski definition) is 1. The number of hydrogen-bond acceptors (Lipinski definition) is 4. The summed E-state index contributed by atoms with van der Waals surface area (Å²) in [6, 6.07) is 5.48. The second-order valence-corrected chi connectivity index (χ2v) is 5.30. The van der Waals surface area contributed by atoms with Gasteiger partial charge in [-0.3, -0.25) is 10.1 Å². The summed E-state index contributed by atoms with van der Waals surface area (Å²) in [7, 11) is 0. The van der Waals surface area contributed by atoms with Crippen molar-refractivity contribution >= 4 is 23.1 Å². The van der Waals surface area contributed by atoms with E-state index in [2.05, 4.69) is 12.2 Å². The SMILES string of the molecule is CCSCC(C)Nc1ccc(C)cc1[N+](=O)[O-]. The fraction of sp³-hybridized carbons (Fsp3) is 0.500.